The fourth-order valence-electron chi connectivity index (χ4n) is 3.70. The van der Waals surface area contributed by atoms with Crippen molar-refractivity contribution in [2.75, 3.05) is 19.7 Å². The zero-order valence-electron chi connectivity index (χ0n) is 15.4. The zero-order chi connectivity index (χ0) is 18.8. The Morgan fingerprint density at radius 1 is 1.07 bits per heavy atom. The number of fused-ring (bicyclic) bond motifs is 1. The Labute approximate surface area is 159 Å². The summed E-state index contributed by atoms with van der Waals surface area (Å²) in [5.41, 5.74) is 2.35. The molecule has 1 atom stereocenters. The predicted octanol–water partition coefficient (Wildman–Crippen LogP) is 4.46. The summed E-state index contributed by atoms with van der Waals surface area (Å²) in [6, 6.07) is 19.1. The summed E-state index contributed by atoms with van der Waals surface area (Å²) in [5.74, 6) is 0.271. The van der Waals surface area contributed by atoms with Crippen molar-refractivity contribution in [1.82, 2.24) is 4.90 Å². The minimum absolute atomic E-state index is 0.0287. The molecule has 138 valence electrons. The summed E-state index contributed by atoms with van der Waals surface area (Å²) in [4.78, 5) is 14.7. The van der Waals surface area contributed by atoms with Crippen molar-refractivity contribution in [3.63, 3.8) is 0 Å². The number of nitrogens with zero attached hydrogens (tertiary/aromatic N) is 1. The summed E-state index contributed by atoms with van der Waals surface area (Å²) < 4.78 is 5.63. The zero-order valence-corrected chi connectivity index (χ0v) is 15.4. The first-order chi connectivity index (χ1) is 13.1. The van der Waals surface area contributed by atoms with Crippen molar-refractivity contribution in [1.29, 1.82) is 0 Å². The molecule has 0 saturated carbocycles. The van der Waals surface area contributed by atoms with E-state index in [2.05, 4.69) is 0 Å². The maximum absolute atomic E-state index is 12.8. The van der Waals surface area contributed by atoms with Crippen LogP contribution in [0.1, 0.15) is 23.7 Å². The van der Waals surface area contributed by atoms with Gasteiger partial charge in [-0.1, -0.05) is 42.5 Å². The maximum Gasteiger partial charge on any atom is 0.253 e. The van der Waals surface area contributed by atoms with Crippen LogP contribution < -0.4 is 0 Å². The molecule has 0 bridgehead atoms. The van der Waals surface area contributed by atoms with Crippen molar-refractivity contribution in [3.05, 3.63) is 66.2 Å². The Morgan fingerprint density at radius 3 is 2.67 bits per heavy atom. The maximum atomic E-state index is 12.8. The molecule has 4 rings (SSSR count). The van der Waals surface area contributed by atoms with E-state index < -0.39 is 0 Å². The van der Waals surface area contributed by atoms with Crippen LogP contribution in [0, 0.1) is 0 Å². The van der Waals surface area contributed by atoms with Gasteiger partial charge in [0.1, 0.15) is 5.75 Å². The molecule has 1 aliphatic rings. The Kier molecular flexibility index (Phi) is 4.82. The Balaban J connectivity index is 1.65. The molecule has 4 heteroatoms. The van der Waals surface area contributed by atoms with Gasteiger partial charge in [0, 0.05) is 30.8 Å². The molecule has 4 nitrogen and oxygen atoms in total. The van der Waals surface area contributed by atoms with Gasteiger partial charge in [-0.05, 0) is 47.9 Å². The van der Waals surface area contributed by atoms with Gasteiger partial charge in [-0.3, -0.25) is 4.79 Å². The van der Waals surface area contributed by atoms with Crippen molar-refractivity contribution < 1.29 is 14.6 Å². The number of rotatable bonds is 2. The van der Waals surface area contributed by atoms with Crippen LogP contribution in [-0.4, -0.2) is 41.7 Å². The number of hydrogen-bond donors (Lipinski definition) is 1. The molecule has 1 amide bonds. The lowest BCUT2D eigenvalue weighted by atomic mass is 9.96. The van der Waals surface area contributed by atoms with E-state index in [-0.39, 0.29) is 17.8 Å². The van der Waals surface area contributed by atoms with Crippen LogP contribution in [0.3, 0.4) is 0 Å². The quantitative estimate of drug-likeness (QED) is 0.733. The molecule has 3 aromatic carbocycles. The Morgan fingerprint density at radius 2 is 1.85 bits per heavy atom. The molecule has 27 heavy (non-hydrogen) atoms. The number of hydrogen-bond acceptors (Lipinski definition) is 3. The van der Waals surface area contributed by atoms with Gasteiger partial charge in [0.25, 0.3) is 5.91 Å². The third-order valence-corrected chi connectivity index (χ3v) is 5.07. The molecular formula is C23H23NO3. The number of phenols is 1. The fourth-order valence-corrected chi connectivity index (χ4v) is 3.70. The van der Waals surface area contributed by atoms with Crippen molar-refractivity contribution in [2.45, 2.75) is 19.4 Å². The average molecular weight is 361 g/mol. The highest BCUT2D eigenvalue weighted by molar-refractivity contribution is 6.00. The van der Waals surface area contributed by atoms with E-state index in [9.17, 15) is 9.90 Å². The van der Waals surface area contributed by atoms with Crippen molar-refractivity contribution >= 4 is 16.7 Å². The summed E-state index contributed by atoms with van der Waals surface area (Å²) in [6.07, 6.45) is 0.918. The van der Waals surface area contributed by atoms with Gasteiger partial charge in [0.15, 0.2) is 0 Å². The number of benzene rings is 3. The normalized spacial score (nSPS) is 17.7. The summed E-state index contributed by atoms with van der Waals surface area (Å²) in [5, 5.41) is 12.5. The highest BCUT2D eigenvalue weighted by Crippen LogP contribution is 2.36. The van der Waals surface area contributed by atoms with Gasteiger partial charge in [-0.25, -0.2) is 0 Å². The largest absolute Gasteiger partial charge is 0.507 e. The lowest BCUT2D eigenvalue weighted by Crippen LogP contribution is -2.35. The summed E-state index contributed by atoms with van der Waals surface area (Å²) in [7, 11) is 0. The Bertz CT molecular complexity index is 965. The molecule has 0 spiro atoms. The number of aromatic hydroxyl groups is 1. The molecule has 1 unspecified atom stereocenters. The Hall–Kier alpha value is -2.85. The number of ether oxygens (including phenoxy) is 1. The molecule has 1 heterocycles. The SMILES string of the molecule is CC1CN(C(=O)c2ccc(-c3c(O)ccc4ccccc34)cc2)CCCO1. The lowest BCUT2D eigenvalue weighted by Gasteiger charge is -2.22. The molecular weight excluding hydrogens is 338 g/mol. The number of phenolic OH excluding ortho intramolecular Hbond substituents is 1. The summed E-state index contributed by atoms with van der Waals surface area (Å²) >= 11 is 0. The van der Waals surface area contributed by atoms with Crippen LogP contribution >= 0.6 is 0 Å². The monoisotopic (exact) mass is 361 g/mol. The number of carbonyl (C=O) groups excluding carboxylic acids is 1. The molecule has 0 aliphatic carbocycles. The first-order valence-electron chi connectivity index (χ1n) is 9.35. The molecule has 0 radical (unpaired) electrons. The molecule has 1 fully saturated rings. The van der Waals surface area contributed by atoms with Crippen LogP contribution in [0.25, 0.3) is 21.9 Å². The van der Waals surface area contributed by atoms with Gasteiger partial charge in [0.05, 0.1) is 6.10 Å². The molecule has 3 aromatic rings. The van der Waals surface area contributed by atoms with Gasteiger partial charge < -0.3 is 14.7 Å². The second-order valence-corrected chi connectivity index (χ2v) is 7.04. The highest BCUT2D eigenvalue weighted by Gasteiger charge is 2.21. The topological polar surface area (TPSA) is 49.8 Å². The lowest BCUT2D eigenvalue weighted by molar-refractivity contribution is 0.0563. The first kappa shape index (κ1) is 17.6. The second-order valence-electron chi connectivity index (χ2n) is 7.04. The third-order valence-electron chi connectivity index (χ3n) is 5.07. The van der Waals surface area contributed by atoms with Crippen LogP contribution in [0.15, 0.2) is 60.7 Å². The van der Waals surface area contributed by atoms with Crippen LogP contribution in [0.2, 0.25) is 0 Å². The average Bonchev–Trinajstić information content (AvgIpc) is 2.92. The van der Waals surface area contributed by atoms with E-state index in [1.165, 1.54) is 0 Å². The summed E-state index contributed by atoms with van der Waals surface area (Å²) in [6.45, 7) is 4.03. The van der Waals surface area contributed by atoms with Crippen LogP contribution in [0.5, 0.6) is 5.75 Å². The minimum Gasteiger partial charge on any atom is -0.507 e. The van der Waals surface area contributed by atoms with E-state index in [0.717, 1.165) is 34.9 Å². The third kappa shape index (κ3) is 3.53. The van der Waals surface area contributed by atoms with E-state index in [0.29, 0.717) is 18.7 Å². The fraction of sp³-hybridized carbons (Fsp3) is 0.261. The molecule has 1 N–H and O–H groups in total. The smallest absolute Gasteiger partial charge is 0.253 e. The van der Waals surface area contributed by atoms with Crippen molar-refractivity contribution in [3.8, 4) is 16.9 Å². The van der Waals surface area contributed by atoms with Gasteiger partial charge in [-0.15, -0.1) is 0 Å². The highest BCUT2D eigenvalue weighted by atomic mass is 16.5. The van der Waals surface area contributed by atoms with Gasteiger partial charge in [-0.2, -0.15) is 0 Å². The predicted molar refractivity (Wildman–Crippen MR) is 107 cm³/mol. The minimum atomic E-state index is 0.0287. The van der Waals surface area contributed by atoms with Gasteiger partial charge >= 0.3 is 0 Å². The molecule has 0 aromatic heterocycles. The van der Waals surface area contributed by atoms with E-state index >= 15 is 0 Å². The van der Waals surface area contributed by atoms with Crippen molar-refractivity contribution in [2.24, 2.45) is 0 Å². The van der Waals surface area contributed by atoms with E-state index in [1.807, 2.05) is 66.4 Å². The molecule has 1 saturated heterocycles. The number of carbonyl (C=O) groups is 1. The van der Waals surface area contributed by atoms with Crippen LogP contribution in [-0.2, 0) is 4.74 Å². The first-order valence-corrected chi connectivity index (χ1v) is 9.35. The molecule has 1 aliphatic heterocycles. The second kappa shape index (κ2) is 7.41. The van der Waals surface area contributed by atoms with E-state index in [1.54, 1.807) is 6.07 Å². The van der Waals surface area contributed by atoms with Gasteiger partial charge in [0.2, 0.25) is 0 Å². The van der Waals surface area contributed by atoms with Crippen LogP contribution in [0.4, 0.5) is 0 Å². The van der Waals surface area contributed by atoms with E-state index in [4.69, 9.17) is 4.74 Å². The number of amides is 1. The standard InChI is InChI=1S/C23H23NO3/c1-16-15-24(13-4-14-27-16)23(26)19-9-7-18(8-10-19)22-20-6-3-2-5-17(20)11-12-21(22)25/h2-3,5-12,16,25H,4,13-15H2,1H3.